The zero-order chi connectivity index (χ0) is 16.4. The van der Waals surface area contributed by atoms with E-state index in [-0.39, 0.29) is 11.7 Å². The summed E-state index contributed by atoms with van der Waals surface area (Å²) in [6.07, 6.45) is 0. The van der Waals surface area contributed by atoms with Crippen LogP contribution < -0.4 is 14.8 Å². The molecule has 6 heteroatoms. The molecule has 3 rings (SSSR count). The van der Waals surface area contributed by atoms with Crippen molar-refractivity contribution in [3.8, 4) is 11.5 Å². The van der Waals surface area contributed by atoms with Gasteiger partial charge in [0, 0.05) is 29.3 Å². The molecule has 1 heterocycles. The molecule has 0 saturated heterocycles. The Balaban J connectivity index is 1.90. The maximum atomic E-state index is 12.4. The summed E-state index contributed by atoms with van der Waals surface area (Å²) in [4.78, 5) is 12.4. The molecular weight excluding hydrogens is 362 g/mol. The molecule has 5 nitrogen and oxygen atoms in total. The van der Waals surface area contributed by atoms with Crippen LogP contribution in [0.25, 0.3) is 11.0 Å². The predicted octanol–water partition coefficient (Wildman–Crippen LogP) is 4.46. The van der Waals surface area contributed by atoms with Gasteiger partial charge in [-0.1, -0.05) is 12.1 Å². The summed E-state index contributed by atoms with van der Waals surface area (Å²) in [5, 5.41) is 3.63. The Kier molecular flexibility index (Phi) is 4.25. The molecule has 118 valence electrons. The number of benzene rings is 2. The van der Waals surface area contributed by atoms with Gasteiger partial charge in [0.25, 0.3) is 5.91 Å². The van der Waals surface area contributed by atoms with Crippen LogP contribution in [-0.2, 0) is 0 Å². The fraction of sp³-hybridized carbons (Fsp3) is 0.118. The number of carbonyl (C=O) groups excluding carboxylic acids is 1. The van der Waals surface area contributed by atoms with Gasteiger partial charge in [0.1, 0.15) is 17.1 Å². The largest absolute Gasteiger partial charge is 0.497 e. The van der Waals surface area contributed by atoms with E-state index in [2.05, 4.69) is 21.2 Å². The molecule has 0 saturated carbocycles. The summed E-state index contributed by atoms with van der Waals surface area (Å²) >= 11 is 3.41. The number of ether oxygens (including phenoxy) is 2. The van der Waals surface area contributed by atoms with E-state index in [1.807, 2.05) is 18.2 Å². The van der Waals surface area contributed by atoms with Crippen LogP contribution in [0.4, 0.5) is 5.69 Å². The van der Waals surface area contributed by atoms with Gasteiger partial charge in [-0.25, -0.2) is 0 Å². The lowest BCUT2D eigenvalue weighted by Gasteiger charge is -2.08. The Morgan fingerprint density at radius 1 is 1.09 bits per heavy atom. The molecule has 0 spiro atoms. The van der Waals surface area contributed by atoms with Crippen molar-refractivity contribution in [2.75, 3.05) is 19.5 Å². The van der Waals surface area contributed by atoms with Gasteiger partial charge in [0.05, 0.1) is 18.7 Å². The predicted molar refractivity (Wildman–Crippen MR) is 91.4 cm³/mol. The topological polar surface area (TPSA) is 60.7 Å². The van der Waals surface area contributed by atoms with Gasteiger partial charge in [0.2, 0.25) is 0 Å². The lowest BCUT2D eigenvalue weighted by molar-refractivity contribution is 0.0998. The highest BCUT2D eigenvalue weighted by Gasteiger charge is 2.14. The zero-order valence-corrected chi connectivity index (χ0v) is 14.1. The Morgan fingerprint density at radius 2 is 1.78 bits per heavy atom. The van der Waals surface area contributed by atoms with E-state index in [1.54, 1.807) is 38.5 Å². The first-order valence-electron chi connectivity index (χ1n) is 6.83. The van der Waals surface area contributed by atoms with Crippen LogP contribution in [0.1, 0.15) is 10.6 Å². The van der Waals surface area contributed by atoms with E-state index >= 15 is 0 Å². The van der Waals surface area contributed by atoms with Gasteiger partial charge in [-0.3, -0.25) is 4.79 Å². The number of amides is 1. The van der Waals surface area contributed by atoms with Crippen LogP contribution >= 0.6 is 15.9 Å². The van der Waals surface area contributed by atoms with Gasteiger partial charge >= 0.3 is 0 Å². The molecule has 23 heavy (non-hydrogen) atoms. The molecule has 0 radical (unpaired) electrons. The summed E-state index contributed by atoms with van der Waals surface area (Å²) < 4.78 is 16.8. The lowest BCUT2D eigenvalue weighted by Crippen LogP contribution is -2.11. The fourth-order valence-electron chi connectivity index (χ4n) is 2.21. The summed E-state index contributed by atoms with van der Waals surface area (Å²) in [5.74, 6) is 1.07. The molecule has 0 bridgehead atoms. The van der Waals surface area contributed by atoms with E-state index < -0.39 is 0 Å². The highest BCUT2D eigenvalue weighted by atomic mass is 79.9. The number of nitrogens with one attached hydrogen (secondary N) is 1. The second-order valence-electron chi connectivity index (χ2n) is 4.82. The molecule has 1 N–H and O–H groups in total. The summed E-state index contributed by atoms with van der Waals surface area (Å²) in [5.41, 5.74) is 1.20. The molecule has 0 unspecified atom stereocenters. The van der Waals surface area contributed by atoms with E-state index in [4.69, 9.17) is 13.9 Å². The first kappa shape index (κ1) is 15.4. The van der Waals surface area contributed by atoms with Gasteiger partial charge in [0.15, 0.2) is 5.76 Å². The van der Waals surface area contributed by atoms with Gasteiger partial charge in [-0.2, -0.15) is 0 Å². The number of hydrogen-bond donors (Lipinski definition) is 1. The van der Waals surface area contributed by atoms with Gasteiger partial charge < -0.3 is 19.2 Å². The van der Waals surface area contributed by atoms with E-state index in [0.29, 0.717) is 22.8 Å². The van der Waals surface area contributed by atoms with Crippen molar-refractivity contribution < 1.29 is 18.7 Å². The van der Waals surface area contributed by atoms with Crippen LogP contribution in [0.2, 0.25) is 0 Å². The van der Waals surface area contributed by atoms with Crippen LogP contribution in [0, 0.1) is 0 Å². The minimum Gasteiger partial charge on any atom is -0.497 e. The SMILES string of the molecule is COc1cc(NC(=O)c2cc3cccc(Br)c3o2)cc(OC)c1. The molecule has 1 amide bonds. The molecular formula is C17H14BrNO4. The summed E-state index contributed by atoms with van der Waals surface area (Å²) in [6.45, 7) is 0. The Hall–Kier alpha value is -2.47. The van der Waals surface area contributed by atoms with Crippen LogP contribution in [0.15, 0.2) is 51.4 Å². The number of carbonyl (C=O) groups is 1. The monoisotopic (exact) mass is 375 g/mol. The zero-order valence-electron chi connectivity index (χ0n) is 12.6. The second kappa shape index (κ2) is 6.34. The maximum absolute atomic E-state index is 12.4. The van der Waals surface area contributed by atoms with E-state index in [1.165, 1.54) is 0 Å². The van der Waals surface area contributed by atoms with Crippen molar-refractivity contribution in [3.63, 3.8) is 0 Å². The number of anilines is 1. The first-order valence-corrected chi connectivity index (χ1v) is 7.62. The quantitative estimate of drug-likeness (QED) is 0.730. The maximum Gasteiger partial charge on any atom is 0.291 e. The number of fused-ring (bicyclic) bond motifs is 1. The number of para-hydroxylation sites is 1. The number of halogens is 1. The molecule has 0 aliphatic heterocycles. The third-order valence-electron chi connectivity index (χ3n) is 3.33. The average Bonchev–Trinajstić information content (AvgIpc) is 3.00. The minimum absolute atomic E-state index is 0.230. The average molecular weight is 376 g/mol. The smallest absolute Gasteiger partial charge is 0.291 e. The van der Waals surface area contributed by atoms with Crippen molar-refractivity contribution in [1.82, 2.24) is 0 Å². The van der Waals surface area contributed by atoms with Crippen molar-refractivity contribution in [2.24, 2.45) is 0 Å². The first-order chi connectivity index (χ1) is 11.1. The number of rotatable bonds is 4. The number of hydrogen-bond acceptors (Lipinski definition) is 4. The third kappa shape index (κ3) is 3.17. The molecule has 0 aliphatic carbocycles. The Morgan fingerprint density at radius 3 is 2.39 bits per heavy atom. The van der Waals surface area contributed by atoms with Crippen molar-refractivity contribution in [1.29, 1.82) is 0 Å². The van der Waals surface area contributed by atoms with Crippen molar-refractivity contribution in [2.45, 2.75) is 0 Å². The molecule has 0 aliphatic rings. The minimum atomic E-state index is -0.344. The summed E-state index contributed by atoms with van der Waals surface area (Å²) in [6, 6.07) is 12.5. The van der Waals surface area contributed by atoms with Crippen LogP contribution in [0.3, 0.4) is 0 Å². The van der Waals surface area contributed by atoms with Crippen LogP contribution in [0.5, 0.6) is 11.5 Å². The van der Waals surface area contributed by atoms with Gasteiger partial charge in [-0.15, -0.1) is 0 Å². The normalized spacial score (nSPS) is 10.6. The third-order valence-corrected chi connectivity index (χ3v) is 3.95. The Labute approximate surface area is 141 Å². The van der Waals surface area contributed by atoms with Gasteiger partial charge in [-0.05, 0) is 28.1 Å². The molecule has 0 atom stereocenters. The standard InChI is InChI=1S/C17H14BrNO4/c1-21-12-7-11(8-13(9-12)22-2)19-17(20)15-6-10-4-3-5-14(18)16(10)23-15/h3-9H,1-2H3,(H,19,20). The highest BCUT2D eigenvalue weighted by Crippen LogP contribution is 2.29. The number of furan rings is 1. The Bertz CT molecular complexity index is 850. The second-order valence-corrected chi connectivity index (χ2v) is 5.68. The molecule has 1 aromatic heterocycles. The van der Waals surface area contributed by atoms with E-state index in [9.17, 15) is 4.79 Å². The van der Waals surface area contributed by atoms with Crippen molar-refractivity contribution >= 4 is 38.5 Å². The van der Waals surface area contributed by atoms with E-state index in [0.717, 1.165) is 9.86 Å². The highest BCUT2D eigenvalue weighted by molar-refractivity contribution is 9.10. The summed E-state index contributed by atoms with van der Waals surface area (Å²) in [7, 11) is 3.11. The lowest BCUT2D eigenvalue weighted by atomic mass is 10.2. The van der Waals surface area contributed by atoms with Crippen LogP contribution in [-0.4, -0.2) is 20.1 Å². The number of methoxy groups -OCH3 is 2. The fourth-order valence-corrected chi connectivity index (χ4v) is 2.67. The molecule has 2 aromatic carbocycles. The molecule has 0 fully saturated rings. The van der Waals surface area contributed by atoms with Crippen molar-refractivity contribution in [3.05, 3.63) is 52.7 Å². The molecule has 3 aromatic rings.